The van der Waals surface area contributed by atoms with Gasteiger partial charge in [-0.15, -0.1) is 0 Å². The molecule has 6 aromatic carbocycles. The molecule has 1 aromatic heterocycles. The smallest absolute Gasteiger partial charge is 0.201 e. The van der Waals surface area contributed by atoms with Crippen LogP contribution in [-0.4, -0.2) is 4.57 Å². The molecule has 7 rings (SSSR count). The molecule has 2 nitrogen and oxygen atoms in total. The SMILES string of the molecule is Cc1cc(C(C)c2ccccc2)c(-n2cc[n+](-c3c(C(C)c4ccccc4)cc(C)cc3[C@@H](C)c3ccccc3)c2)c([C@@H](C)c2ccccc2)c1. The van der Waals surface area contributed by atoms with E-state index in [9.17, 15) is 0 Å². The Morgan fingerprint density at radius 2 is 0.745 bits per heavy atom. The Hall–Kier alpha value is -5.47. The Morgan fingerprint density at radius 3 is 1.10 bits per heavy atom. The van der Waals surface area contributed by atoms with Gasteiger partial charge in [-0.05, 0) is 36.1 Å². The highest BCUT2D eigenvalue weighted by atomic mass is 15.1. The zero-order valence-electron chi connectivity index (χ0n) is 30.8. The van der Waals surface area contributed by atoms with E-state index in [1.54, 1.807) is 0 Å². The van der Waals surface area contributed by atoms with Crippen molar-refractivity contribution in [2.24, 2.45) is 0 Å². The van der Waals surface area contributed by atoms with E-state index >= 15 is 0 Å². The molecule has 0 aliphatic carbocycles. The van der Waals surface area contributed by atoms with E-state index < -0.39 is 0 Å². The van der Waals surface area contributed by atoms with E-state index in [4.69, 9.17) is 0 Å². The fraction of sp³-hybridized carbons (Fsp3) is 0.204. The molecule has 51 heavy (non-hydrogen) atoms. The average molecular weight is 666 g/mol. The zero-order valence-corrected chi connectivity index (χ0v) is 30.8. The van der Waals surface area contributed by atoms with Gasteiger partial charge in [-0.3, -0.25) is 0 Å². The molecule has 254 valence electrons. The molecule has 7 aromatic rings. The summed E-state index contributed by atoms with van der Waals surface area (Å²) < 4.78 is 4.77. The summed E-state index contributed by atoms with van der Waals surface area (Å²) in [6.07, 6.45) is 6.85. The Bertz CT molecular complexity index is 1920. The van der Waals surface area contributed by atoms with Crippen LogP contribution in [0.2, 0.25) is 0 Å². The first-order chi connectivity index (χ1) is 24.8. The second-order valence-corrected chi connectivity index (χ2v) is 14.3. The van der Waals surface area contributed by atoms with E-state index in [0.29, 0.717) is 0 Å². The van der Waals surface area contributed by atoms with Gasteiger partial charge in [0.05, 0.1) is 0 Å². The van der Waals surface area contributed by atoms with Crippen molar-refractivity contribution >= 4 is 0 Å². The number of imidazole rings is 1. The minimum absolute atomic E-state index is 0.209. The molecule has 0 saturated carbocycles. The maximum absolute atomic E-state index is 2.40. The van der Waals surface area contributed by atoms with Crippen LogP contribution in [-0.2, 0) is 0 Å². The molecular weight excluding hydrogens is 617 g/mol. The predicted molar refractivity (Wildman–Crippen MR) is 213 cm³/mol. The first kappa shape index (κ1) is 34.0. The van der Waals surface area contributed by atoms with Crippen LogP contribution in [0.25, 0.3) is 11.4 Å². The Balaban J connectivity index is 1.46. The lowest BCUT2D eigenvalue weighted by molar-refractivity contribution is -0.596. The van der Waals surface area contributed by atoms with Crippen LogP contribution in [0.1, 0.15) is 107 Å². The van der Waals surface area contributed by atoms with Crippen molar-refractivity contribution in [3.8, 4) is 11.4 Å². The van der Waals surface area contributed by atoms with Crippen LogP contribution in [0.5, 0.6) is 0 Å². The molecule has 0 radical (unpaired) electrons. The lowest BCUT2D eigenvalue weighted by Gasteiger charge is -2.23. The fourth-order valence-corrected chi connectivity index (χ4v) is 7.89. The standard InChI is InChI=1S/C49H49N2/c1-34-29-44(36(3)40-19-11-7-12-20-40)48(45(30-34)37(4)41-21-13-8-14-22-41)50-27-28-51(33-50)49-46(38(5)42-23-15-9-16-24-42)31-35(2)32-47(49)39(6)43-25-17-10-18-26-43/h7-33,36-39H,1-6H3/q+1/t36-,37?,38-,39?/m0/s1. The minimum atomic E-state index is 0.209. The highest BCUT2D eigenvalue weighted by molar-refractivity contribution is 5.58. The molecule has 0 N–H and O–H groups in total. The topological polar surface area (TPSA) is 8.81 Å². The highest BCUT2D eigenvalue weighted by Crippen LogP contribution is 2.39. The lowest BCUT2D eigenvalue weighted by Crippen LogP contribution is -2.32. The molecule has 0 aliphatic heterocycles. The van der Waals surface area contributed by atoms with E-state index in [-0.39, 0.29) is 23.7 Å². The molecule has 2 heteroatoms. The fourth-order valence-electron chi connectivity index (χ4n) is 7.89. The first-order valence-electron chi connectivity index (χ1n) is 18.4. The number of aromatic nitrogens is 2. The maximum atomic E-state index is 2.40. The maximum Gasteiger partial charge on any atom is 0.254 e. The third-order valence-corrected chi connectivity index (χ3v) is 10.8. The van der Waals surface area contributed by atoms with Gasteiger partial charge in [0.2, 0.25) is 0 Å². The zero-order chi connectivity index (χ0) is 35.5. The van der Waals surface area contributed by atoms with Crippen LogP contribution in [0, 0.1) is 13.8 Å². The number of aryl methyl sites for hydroxylation is 2. The van der Waals surface area contributed by atoms with Gasteiger partial charge in [-0.25, -0.2) is 9.13 Å². The Labute approximate surface area is 304 Å². The highest BCUT2D eigenvalue weighted by Gasteiger charge is 2.29. The molecule has 0 spiro atoms. The predicted octanol–water partition coefficient (Wildman–Crippen LogP) is 12.0. The number of benzene rings is 6. The summed E-state index contributed by atoms with van der Waals surface area (Å²) in [6, 6.07) is 53.3. The summed E-state index contributed by atoms with van der Waals surface area (Å²) in [6.45, 7) is 13.9. The van der Waals surface area contributed by atoms with Crippen molar-refractivity contribution in [1.82, 2.24) is 4.57 Å². The lowest BCUT2D eigenvalue weighted by atomic mass is 9.84. The first-order valence-corrected chi connectivity index (χ1v) is 18.4. The third kappa shape index (κ3) is 6.97. The van der Waals surface area contributed by atoms with Crippen LogP contribution in [0.4, 0.5) is 0 Å². The molecule has 0 bridgehead atoms. The molecule has 0 aliphatic rings. The van der Waals surface area contributed by atoms with E-state index in [0.717, 1.165) is 0 Å². The van der Waals surface area contributed by atoms with Crippen LogP contribution >= 0.6 is 0 Å². The van der Waals surface area contributed by atoms with Crippen molar-refractivity contribution in [1.29, 1.82) is 0 Å². The molecule has 2 unspecified atom stereocenters. The number of hydrogen-bond acceptors (Lipinski definition) is 0. The summed E-state index contributed by atoms with van der Waals surface area (Å²) in [5, 5.41) is 0. The number of hydrogen-bond donors (Lipinski definition) is 0. The van der Waals surface area contributed by atoms with Gasteiger partial charge in [-0.1, -0.05) is 184 Å². The summed E-state index contributed by atoms with van der Waals surface area (Å²) >= 11 is 0. The van der Waals surface area contributed by atoms with Gasteiger partial charge < -0.3 is 0 Å². The van der Waals surface area contributed by atoms with Crippen molar-refractivity contribution in [2.45, 2.75) is 65.2 Å². The minimum Gasteiger partial charge on any atom is -0.201 e. The van der Waals surface area contributed by atoms with E-state index in [2.05, 4.69) is 215 Å². The van der Waals surface area contributed by atoms with Crippen molar-refractivity contribution < 1.29 is 4.57 Å². The van der Waals surface area contributed by atoms with Gasteiger partial charge >= 0.3 is 0 Å². The third-order valence-electron chi connectivity index (χ3n) is 10.8. The van der Waals surface area contributed by atoms with Crippen LogP contribution < -0.4 is 4.57 Å². The summed E-state index contributed by atoms with van der Waals surface area (Å²) in [5.74, 6) is 0.835. The molecule has 0 saturated heterocycles. The largest absolute Gasteiger partial charge is 0.254 e. The monoisotopic (exact) mass is 665 g/mol. The van der Waals surface area contributed by atoms with E-state index in [1.165, 1.54) is 67.0 Å². The van der Waals surface area contributed by atoms with Gasteiger partial charge in [0.15, 0.2) is 0 Å². The Morgan fingerprint density at radius 1 is 0.431 bits per heavy atom. The van der Waals surface area contributed by atoms with Gasteiger partial charge in [0, 0.05) is 45.9 Å². The summed E-state index contributed by atoms with van der Waals surface area (Å²) in [7, 11) is 0. The van der Waals surface area contributed by atoms with Crippen molar-refractivity contribution in [3.05, 3.63) is 220 Å². The molecule has 0 amide bonds. The number of rotatable bonds is 10. The van der Waals surface area contributed by atoms with Crippen molar-refractivity contribution in [3.63, 3.8) is 0 Å². The van der Waals surface area contributed by atoms with Gasteiger partial charge in [-0.2, -0.15) is 0 Å². The second kappa shape index (κ2) is 14.8. The van der Waals surface area contributed by atoms with Gasteiger partial charge in [0.1, 0.15) is 23.8 Å². The number of nitrogens with zero attached hydrogens (tertiary/aromatic N) is 2. The molecule has 1 heterocycles. The summed E-state index contributed by atoms with van der Waals surface area (Å²) in [5.41, 5.74) is 15.7. The van der Waals surface area contributed by atoms with Crippen LogP contribution in [0.3, 0.4) is 0 Å². The van der Waals surface area contributed by atoms with Gasteiger partial charge in [0.25, 0.3) is 6.33 Å². The molecule has 0 fully saturated rings. The molecular formula is C49H49N2+. The Kier molecular flexibility index (Phi) is 9.86. The normalized spacial score (nSPS) is 13.8. The average Bonchev–Trinajstić information content (AvgIpc) is 3.66. The molecule has 4 atom stereocenters. The van der Waals surface area contributed by atoms with E-state index in [1.807, 2.05) is 0 Å². The van der Waals surface area contributed by atoms with Crippen molar-refractivity contribution in [2.75, 3.05) is 0 Å². The summed E-state index contributed by atoms with van der Waals surface area (Å²) in [4.78, 5) is 0. The quantitative estimate of drug-likeness (QED) is 0.129. The van der Waals surface area contributed by atoms with Crippen LogP contribution in [0.15, 0.2) is 164 Å². The second-order valence-electron chi connectivity index (χ2n) is 14.3.